The van der Waals surface area contributed by atoms with Gasteiger partial charge in [0, 0.05) is 6.54 Å². The number of aryl methyl sites for hydroxylation is 1. The number of hydrogen-bond donors (Lipinski definition) is 1. The van der Waals surface area contributed by atoms with Crippen molar-refractivity contribution < 1.29 is 19.1 Å². The van der Waals surface area contributed by atoms with E-state index in [0.717, 1.165) is 41.5 Å². The Kier molecular flexibility index (Phi) is 5.88. The van der Waals surface area contributed by atoms with E-state index in [1.165, 1.54) is 10.5 Å². The Balaban J connectivity index is 1.37. The minimum atomic E-state index is -0.974. The van der Waals surface area contributed by atoms with Gasteiger partial charge in [-0.1, -0.05) is 54.6 Å². The molecular weight excluding hydrogens is 466 g/mol. The minimum absolute atomic E-state index is 0.138. The molecule has 1 saturated heterocycles. The van der Waals surface area contributed by atoms with Crippen molar-refractivity contribution in [1.82, 2.24) is 15.1 Å². The zero-order valence-electron chi connectivity index (χ0n) is 21.2. The van der Waals surface area contributed by atoms with E-state index < -0.39 is 5.54 Å². The normalized spacial score (nSPS) is 23.0. The third kappa shape index (κ3) is 3.76. The van der Waals surface area contributed by atoms with E-state index in [1.807, 2.05) is 48.5 Å². The molecule has 190 valence electrons. The number of carbonyl (C=O) groups excluding carboxylic acids is 2. The van der Waals surface area contributed by atoms with Crippen LogP contribution in [-0.2, 0) is 23.2 Å². The Morgan fingerprint density at radius 2 is 1.65 bits per heavy atom. The summed E-state index contributed by atoms with van der Waals surface area (Å²) in [5.41, 5.74) is 4.47. The van der Waals surface area contributed by atoms with E-state index in [-0.39, 0.29) is 24.6 Å². The molecule has 7 heteroatoms. The van der Waals surface area contributed by atoms with Crippen LogP contribution < -0.4 is 14.8 Å². The number of ether oxygens (including phenoxy) is 2. The first-order valence-corrected chi connectivity index (χ1v) is 12.8. The van der Waals surface area contributed by atoms with E-state index in [9.17, 15) is 9.59 Å². The van der Waals surface area contributed by atoms with Crippen molar-refractivity contribution >= 4 is 11.9 Å². The summed E-state index contributed by atoms with van der Waals surface area (Å²) in [5.74, 6) is 1.21. The fourth-order valence-electron chi connectivity index (χ4n) is 6.30. The molecular formula is C30H31N3O4. The van der Waals surface area contributed by atoms with Crippen molar-refractivity contribution in [2.24, 2.45) is 0 Å². The largest absolute Gasteiger partial charge is 0.493 e. The Morgan fingerprint density at radius 3 is 2.43 bits per heavy atom. The van der Waals surface area contributed by atoms with Gasteiger partial charge < -0.3 is 14.8 Å². The van der Waals surface area contributed by atoms with Gasteiger partial charge in [0.05, 0.1) is 26.9 Å². The molecule has 7 nitrogen and oxygen atoms in total. The molecule has 3 aromatic rings. The van der Waals surface area contributed by atoms with Gasteiger partial charge in [-0.05, 0) is 65.6 Å². The average Bonchev–Trinajstić information content (AvgIpc) is 3.17. The van der Waals surface area contributed by atoms with Gasteiger partial charge in [-0.25, -0.2) is 9.69 Å². The van der Waals surface area contributed by atoms with Gasteiger partial charge in [-0.2, -0.15) is 0 Å². The lowest BCUT2D eigenvalue weighted by Crippen LogP contribution is -2.48. The van der Waals surface area contributed by atoms with E-state index in [2.05, 4.69) is 28.4 Å². The second-order valence-electron chi connectivity index (χ2n) is 10.0. The fraction of sp³-hybridized carbons (Fsp3) is 0.333. The number of hydrogen-bond acceptors (Lipinski definition) is 5. The first-order chi connectivity index (χ1) is 18.1. The molecule has 2 heterocycles. The van der Waals surface area contributed by atoms with Gasteiger partial charge in [0.2, 0.25) is 0 Å². The summed E-state index contributed by atoms with van der Waals surface area (Å²) < 4.78 is 11.2. The van der Waals surface area contributed by atoms with E-state index >= 15 is 0 Å². The molecule has 2 aliphatic heterocycles. The van der Waals surface area contributed by atoms with Crippen molar-refractivity contribution in [3.8, 4) is 11.5 Å². The van der Waals surface area contributed by atoms with Crippen molar-refractivity contribution in [3.63, 3.8) is 0 Å². The lowest BCUT2D eigenvalue weighted by atomic mass is 9.76. The summed E-state index contributed by atoms with van der Waals surface area (Å²) in [6.07, 6.45) is 3.18. The number of rotatable bonds is 5. The molecule has 0 saturated carbocycles. The lowest BCUT2D eigenvalue weighted by Gasteiger charge is -2.39. The van der Waals surface area contributed by atoms with E-state index in [0.29, 0.717) is 24.5 Å². The Labute approximate surface area is 217 Å². The number of methoxy groups -OCH3 is 2. The monoisotopic (exact) mass is 497 g/mol. The van der Waals surface area contributed by atoms with Crippen LogP contribution in [0.25, 0.3) is 0 Å². The lowest BCUT2D eigenvalue weighted by molar-refractivity contribution is -0.134. The molecule has 1 N–H and O–H groups in total. The first kappa shape index (κ1) is 23.6. The predicted molar refractivity (Wildman–Crippen MR) is 140 cm³/mol. The van der Waals surface area contributed by atoms with Gasteiger partial charge in [-0.3, -0.25) is 9.69 Å². The Morgan fingerprint density at radius 1 is 0.919 bits per heavy atom. The topological polar surface area (TPSA) is 71.1 Å². The molecule has 6 rings (SSSR count). The molecule has 3 aromatic carbocycles. The first-order valence-electron chi connectivity index (χ1n) is 12.8. The maximum absolute atomic E-state index is 14.0. The van der Waals surface area contributed by atoms with E-state index in [4.69, 9.17) is 9.47 Å². The maximum Gasteiger partial charge on any atom is 0.326 e. The zero-order chi connectivity index (χ0) is 25.6. The molecule has 1 fully saturated rings. The van der Waals surface area contributed by atoms with Gasteiger partial charge in [0.15, 0.2) is 11.5 Å². The van der Waals surface area contributed by atoms with Crippen LogP contribution in [-0.4, -0.2) is 49.2 Å². The number of nitrogens with one attached hydrogen (secondary N) is 1. The van der Waals surface area contributed by atoms with Crippen LogP contribution in [0.4, 0.5) is 4.79 Å². The molecule has 3 aliphatic rings. The number of nitrogens with zero attached hydrogens (tertiary/aromatic N) is 2. The maximum atomic E-state index is 14.0. The molecule has 2 unspecified atom stereocenters. The zero-order valence-corrected chi connectivity index (χ0v) is 21.2. The summed E-state index contributed by atoms with van der Waals surface area (Å²) in [7, 11) is 3.28. The number of imide groups is 1. The summed E-state index contributed by atoms with van der Waals surface area (Å²) >= 11 is 0. The van der Waals surface area contributed by atoms with Crippen LogP contribution in [0.5, 0.6) is 11.5 Å². The van der Waals surface area contributed by atoms with Crippen LogP contribution >= 0.6 is 0 Å². The van der Waals surface area contributed by atoms with Crippen molar-refractivity contribution in [2.75, 3.05) is 27.4 Å². The molecule has 0 aromatic heterocycles. The Hall–Kier alpha value is -3.84. The SMILES string of the molecule is COc1cc2c(cc1OC)C(c1ccccc1)N(CN1C(=O)NC3(CCCc4ccccc43)C1=O)CC2. The number of urea groups is 1. The predicted octanol–water partition coefficient (Wildman–Crippen LogP) is 4.39. The molecule has 37 heavy (non-hydrogen) atoms. The third-order valence-electron chi connectivity index (χ3n) is 8.06. The Bertz CT molecular complexity index is 1360. The third-order valence-corrected chi connectivity index (χ3v) is 8.06. The van der Waals surface area contributed by atoms with Crippen LogP contribution in [0, 0.1) is 0 Å². The number of carbonyl (C=O) groups is 2. The molecule has 0 radical (unpaired) electrons. The van der Waals surface area contributed by atoms with Gasteiger partial charge in [0.25, 0.3) is 5.91 Å². The fourth-order valence-corrected chi connectivity index (χ4v) is 6.30. The molecule has 1 spiro atoms. The summed E-state index contributed by atoms with van der Waals surface area (Å²) in [6.45, 7) is 0.907. The molecule has 3 amide bonds. The molecule has 0 bridgehead atoms. The second kappa shape index (κ2) is 9.23. The van der Waals surface area contributed by atoms with Crippen molar-refractivity contribution in [2.45, 2.75) is 37.3 Å². The number of benzene rings is 3. The standard InChI is InChI=1S/C30H31N3O4/c1-36-25-17-22-14-16-32(27(21-10-4-3-5-11-21)23(22)18-26(25)37-2)19-33-28(34)30(31-29(33)35)15-8-12-20-9-6-7-13-24(20)30/h3-7,9-11,13,17-18,27H,8,12,14-16,19H2,1-2H3,(H,31,35). The van der Waals surface area contributed by atoms with Gasteiger partial charge >= 0.3 is 6.03 Å². The average molecular weight is 498 g/mol. The number of fused-ring (bicyclic) bond motifs is 3. The van der Waals surface area contributed by atoms with Crippen LogP contribution in [0.15, 0.2) is 66.7 Å². The highest BCUT2D eigenvalue weighted by molar-refractivity contribution is 6.07. The number of amides is 3. The quantitative estimate of drug-likeness (QED) is 0.530. The molecule has 2 atom stereocenters. The summed E-state index contributed by atoms with van der Waals surface area (Å²) in [6, 6.07) is 21.8. The smallest absolute Gasteiger partial charge is 0.326 e. The second-order valence-corrected chi connectivity index (χ2v) is 10.0. The summed E-state index contributed by atoms with van der Waals surface area (Å²) in [4.78, 5) is 31.0. The highest BCUT2D eigenvalue weighted by Crippen LogP contribution is 2.43. The van der Waals surface area contributed by atoms with Crippen molar-refractivity contribution in [3.05, 3.63) is 94.5 Å². The molecule has 1 aliphatic carbocycles. The highest BCUT2D eigenvalue weighted by Gasteiger charge is 2.54. The summed E-state index contributed by atoms with van der Waals surface area (Å²) in [5, 5.41) is 3.10. The minimum Gasteiger partial charge on any atom is -0.493 e. The van der Waals surface area contributed by atoms with E-state index in [1.54, 1.807) is 14.2 Å². The van der Waals surface area contributed by atoms with Crippen molar-refractivity contribution in [1.29, 1.82) is 0 Å². The highest BCUT2D eigenvalue weighted by atomic mass is 16.5. The van der Waals surface area contributed by atoms with Crippen LogP contribution in [0.3, 0.4) is 0 Å². The van der Waals surface area contributed by atoms with Gasteiger partial charge in [-0.15, -0.1) is 0 Å². The van der Waals surface area contributed by atoms with Crippen LogP contribution in [0.1, 0.15) is 46.7 Å². The van der Waals surface area contributed by atoms with Crippen LogP contribution in [0.2, 0.25) is 0 Å². The van der Waals surface area contributed by atoms with Gasteiger partial charge in [0.1, 0.15) is 5.54 Å².